The van der Waals surface area contributed by atoms with Gasteiger partial charge in [-0.05, 0) is 43.1 Å². The third kappa shape index (κ3) is 2.75. The number of hydrogen-bond acceptors (Lipinski definition) is 4. The maximum Gasteiger partial charge on any atom is 0.207 e. The Morgan fingerprint density at radius 3 is 2.80 bits per heavy atom. The number of hydrogen-bond donors (Lipinski definition) is 0. The fraction of sp³-hybridized carbons (Fsp3) is 0.538. The first-order valence-corrected chi connectivity index (χ1v) is 10.4. The maximum absolute atomic E-state index is 12.5. The van der Waals surface area contributed by atoms with E-state index in [1.54, 1.807) is 12.1 Å². The minimum atomic E-state index is -3.32. The second kappa shape index (κ2) is 5.54. The molecule has 110 valence electrons. The summed E-state index contributed by atoms with van der Waals surface area (Å²) in [5.41, 5.74) is 1.05. The van der Waals surface area contributed by atoms with E-state index in [4.69, 9.17) is 15.8 Å². The molecule has 0 aromatic heterocycles. The third-order valence-electron chi connectivity index (χ3n) is 3.89. The van der Waals surface area contributed by atoms with Gasteiger partial charge in [0.15, 0.2) is 9.84 Å². The van der Waals surface area contributed by atoms with Crippen LogP contribution in [-0.2, 0) is 14.4 Å². The molecule has 2 heterocycles. The molecule has 2 fully saturated rings. The molecule has 1 aromatic rings. The molecule has 3 rings (SSSR count). The fourth-order valence-corrected chi connectivity index (χ4v) is 6.59. The Morgan fingerprint density at radius 1 is 1.40 bits per heavy atom. The van der Waals surface area contributed by atoms with Gasteiger partial charge >= 0.3 is 0 Å². The van der Waals surface area contributed by atoms with Crippen LogP contribution in [0.5, 0.6) is 0 Å². The normalized spacial score (nSPS) is 30.6. The molecule has 1 aromatic carbocycles. The molecule has 2 aliphatic rings. The van der Waals surface area contributed by atoms with Gasteiger partial charge in [0.05, 0.1) is 16.8 Å². The summed E-state index contributed by atoms with van der Waals surface area (Å²) in [5.74, 6) is 0.0166. The lowest BCUT2D eigenvalue weighted by molar-refractivity contribution is 0.235. The number of halogens is 1. The molecule has 0 bridgehead atoms. The second-order valence-corrected chi connectivity index (χ2v) is 9.42. The predicted molar refractivity (Wildman–Crippen MR) is 80.6 cm³/mol. The summed E-state index contributed by atoms with van der Waals surface area (Å²) in [7, 11) is -4.45. The lowest BCUT2D eigenvalue weighted by atomic mass is 10.1. The van der Waals surface area contributed by atoms with Gasteiger partial charge in [0.25, 0.3) is 0 Å². The van der Waals surface area contributed by atoms with Crippen LogP contribution in [0.15, 0.2) is 29.2 Å². The number of aryl methyl sites for hydroxylation is 1. The molecular weight excluding hydrogens is 317 g/mol. The number of sulfone groups is 1. The molecule has 7 heteroatoms. The summed E-state index contributed by atoms with van der Waals surface area (Å²) < 4.78 is 32.7. The Balaban J connectivity index is 1.78. The summed E-state index contributed by atoms with van der Waals surface area (Å²) in [6.07, 6.45) is 1.74. The standard InChI is InChI=1S/C13H17ClNO3PS/c1-10-4-6-11(7-5-10)20(16,17)9-13-12-3-2-8-15(12)19(14)18-13/h4-7,12-13H,2-3,8-9H2,1H3/t12?,13-,19?/m0/s1. The SMILES string of the molecule is Cc1ccc(S(=O)(=O)C[C@@H]2OP(Cl)N3CCCC23)cc1. The van der Waals surface area contributed by atoms with Crippen molar-refractivity contribution in [3.8, 4) is 0 Å². The van der Waals surface area contributed by atoms with Gasteiger partial charge in [0.1, 0.15) is 0 Å². The van der Waals surface area contributed by atoms with E-state index in [1.807, 2.05) is 19.1 Å². The Bertz CT molecular complexity index is 592. The van der Waals surface area contributed by atoms with Crippen molar-refractivity contribution in [1.82, 2.24) is 4.67 Å². The smallest absolute Gasteiger partial charge is 0.207 e. The van der Waals surface area contributed by atoms with Crippen LogP contribution in [0.2, 0.25) is 0 Å². The van der Waals surface area contributed by atoms with E-state index in [0.717, 1.165) is 24.9 Å². The minimum absolute atomic E-state index is 0.0166. The van der Waals surface area contributed by atoms with Gasteiger partial charge in [-0.25, -0.2) is 13.1 Å². The van der Waals surface area contributed by atoms with Crippen molar-refractivity contribution in [3.63, 3.8) is 0 Å². The van der Waals surface area contributed by atoms with E-state index in [0.29, 0.717) is 4.90 Å². The van der Waals surface area contributed by atoms with Crippen LogP contribution in [0, 0.1) is 6.92 Å². The van der Waals surface area contributed by atoms with Crippen LogP contribution < -0.4 is 0 Å². The summed E-state index contributed by atoms with van der Waals surface area (Å²) >= 11 is 6.18. The summed E-state index contributed by atoms with van der Waals surface area (Å²) in [6.45, 7) is 2.86. The molecule has 2 saturated heterocycles. The van der Waals surface area contributed by atoms with E-state index >= 15 is 0 Å². The van der Waals surface area contributed by atoms with Gasteiger partial charge in [-0.1, -0.05) is 17.7 Å². The average molecular weight is 334 g/mol. The molecular formula is C13H17ClNO3PS. The molecule has 0 amide bonds. The van der Waals surface area contributed by atoms with Gasteiger partial charge in [-0.3, -0.25) is 0 Å². The van der Waals surface area contributed by atoms with Crippen LogP contribution in [0.4, 0.5) is 0 Å². The Hall–Kier alpha value is -0.190. The predicted octanol–water partition coefficient (Wildman–Crippen LogP) is 3.10. The highest BCUT2D eigenvalue weighted by molar-refractivity contribution is 7.91. The molecule has 0 radical (unpaired) electrons. The summed E-state index contributed by atoms with van der Waals surface area (Å²) in [4.78, 5) is 0.363. The van der Waals surface area contributed by atoms with E-state index < -0.39 is 17.5 Å². The van der Waals surface area contributed by atoms with E-state index in [9.17, 15) is 8.42 Å². The molecule has 0 saturated carbocycles. The average Bonchev–Trinajstić information content (AvgIpc) is 2.96. The van der Waals surface area contributed by atoms with E-state index in [1.165, 1.54) is 0 Å². The quantitative estimate of drug-likeness (QED) is 0.797. The maximum atomic E-state index is 12.5. The second-order valence-electron chi connectivity index (χ2n) is 5.34. The number of nitrogens with zero attached hydrogens (tertiary/aromatic N) is 1. The Morgan fingerprint density at radius 2 is 2.10 bits per heavy atom. The number of rotatable bonds is 3. The largest absolute Gasteiger partial charge is 0.325 e. The monoisotopic (exact) mass is 333 g/mol. The minimum Gasteiger partial charge on any atom is -0.325 e. The van der Waals surface area contributed by atoms with Crippen LogP contribution in [0.3, 0.4) is 0 Å². The first kappa shape index (κ1) is 14.7. The zero-order chi connectivity index (χ0) is 14.3. The number of fused-ring (bicyclic) bond motifs is 1. The number of benzene rings is 1. The molecule has 3 atom stereocenters. The van der Waals surface area contributed by atoms with E-state index in [-0.39, 0.29) is 17.9 Å². The molecule has 0 aliphatic carbocycles. The summed E-state index contributed by atoms with van der Waals surface area (Å²) in [5, 5.41) is 0. The fourth-order valence-electron chi connectivity index (χ4n) is 2.79. The molecule has 2 aliphatic heterocycles. The molecule has 20 heavy (non-hydrogen) atoms. The van der Waals surface area contributed by atoms with Crippen molar-refractivity contribution in [2.75, 3.05) is 12.3 Å². The Labute approximate surface area is 125 Å². The van der Waals surface area contributed by atoms with Gasteiger partial charge in [0, 0.05) is 12.6 Å². The molecule has 2 unspecified atom stereocenters. The zero-order valence-electron chi connectivity index (χ0n) is 11.2. The van der Waals surface area contributed by atoms with Gasteiger partial charge in [0.2, 0.25) is 7.65 Å². The van der Waals surface area contributed by atoms with Gasteiger partial charge < -0.3 is 4.52 Å². The zero-order valence-corrected chi connectivity index (χ0v) is 13.7. The highest BCUT2D eigenvalue weighted by Crippen LogP contribution is 2.58. The molecule has 0 N–H and O–H groups in total. The molecule has 4 nitrogen and oxygen atoms in total. The van der Waals surface area contributed by atoms with Crippen molar-refractivity contribution in [2.24, 2.45) is 0 Å². The van der Waals surface area contributed by atoms with Crippen molar-refractivity contribution in [1.29, 1.82) is 0 Å². The van der Waals surface area contributed by atoms with Crippen LogP contribution in [0.25, 0.3) is 0 Å². The third-order valence-corrected chi connectivity index (χ3v) is 7.81. The first-order valence-electron chi connectivity index (χ1n) is 6.66. The van der Waals surface area contributed by atoms with Crippen molar-refractivity contribution >= 4 is 28.7 Å². The van der Waals surface area contributed by atoms with Crippen molar-refractivity contribution < 1.29 is 12.9 Å². The summed E-state index contributed by atoms with van der Waals surface area (Å²) in [6, 6.07) is 7.13. The highest BCUT2D eigenvalue weighted by atomic mass is 35.7. The van der Waals surface area contributed by atoms with Crippen LogP contribution in [-0.4, -0.2) is 37.5 Å². The highest BCUT2D eigenvalue weighted by Gasteiger charge is 2.46. The van der Waals surface area contributed by atoms with Gasteiger partial charge in [-0.2, -0.15) is 0 Å². The topological polar surface area (TPSA) is 46.6 Å². The van der Waals surface area contributed by atoms with Crippen molar-refractivity contribution in [2.45, 2.75) is 36.8 Å². The van der Waals surface area contributed by atoms with Gasteiger partial charge in [-0.15, -0.1) is 0 Å². The Kier molecular flexibility index (Phi) is 4.08. The lowest BCUT2D eigenvalue weighted by Gasteiger charge is -2.17. The van der Waals surface area contributed by atoms with E-state index in [2.05, 4.69) is 4.67 Å². The van der Waals surface area contributed by atoms with Crippen LogP contribution in [0.1, 0.15) is 18.4 Å². The molecule has 0 spiro atoms. The lowest BCUT2D eigenvalue weighted by Crippen LogP contribution is -2.33. The van der Waals surface area contributed by atoms with Crippen LogP contribution >= 0.6 is 18.9 Å². The first-order chi connectivity index (χ1) is 9.47. The van der Waals surface area contributed by atoms with Crippen molar-refractivity contribution in [3.05, 3.63) is 29.8 Å².